The van der Waals surface area contributed by atoms with Gasteiger partial charge in [0, 0.05) is 29.3 Å². The molecule has 1 unspecified atom stereocenters. The molecule has 1 aliphatic heterocycles. The molecule has 4 nitrogen and oxygen atoms in total. The number of amides is 1. The SMILES string of the molecule is NC(=O)c1cccc(-c2cccc(C3CCCNC3)n2)c1. The van der Waals surface area contributed by atoms with Crippen LogP contribution in [0.5, 0.6) is 0 Å². The molecule has 0 aliphatic carbocycles. The third kappa shape index (κ3) is 3.11. The number of rotatable bonds is 3. The highest BCUT2D eigenvalue weighted by Crippen LogP contribution is 2.25. The van der Waals surface area contributed by atoms with Crippen molar-refractivity contribution in [1.29, 1.82) is 0 Å². The summed E-state index contributed by atoms with van der Waals surface area (Å²) in [6, 6.07) is 13.4. The molecule has 21 heavy (non-hydrogen) atoms. The van der Waals surface area contributed by atoms with Crippen LogP contribution in [0.2, 0.25) is 0 Å². The van der Waals surface area contributed by atoms with Gasteiger partial charge in [0.2, 0.25) is 5.91 Å². The number of aromatic nitrogens is 1. The average Bonchev–Trinajstić information content (AvgIpc) is 2.56. The maximum absolute atomic E-state index is 11.3. The van der Waals surface area contributed by atoms with Crippen LogP contribution in [-0.4, -0.2) is 24.0 Å². The number of primary amides is 1. The average molecular weight is 281 g/mol. The zero-order valence-electron chi connectivity index (χ0n) is 11.9. The van der Waals surface area contributed by atoms with Gasteiger partial charge < -0.3 is 11.1 Å². The van der Waals surface area contributed by atoms with Gasteiger partial charge in [-0.25, -0.2) is 0 Å². The highest BCUT2D eigenvalue weighted by atomic mass is 16.1. The molecule has 4 heteroatoms. The maximum atomic E-state index is 11.3. The van der Waals surface area contributed by atoms with Crippen LogP contribution in [-0.2, 0) is 0 Å². The lowest BCUT2D eigenvalue weighted by atomic mass is 9.95. The van der Waals surface area contributed by atoms with Crippen molar-refractivity contribution in [3.63, 3.8) is 0 Å². The highest BCUT2D eigenvalue weighted by molar-refractivity contribution is 5.93. The Labute approximate surface area is 124 Å². The fourth-order valence-electron chi connectivity index (χ4n) is 2.78. The summed E-state index contributed by atoms with van der Waals surface area (Å²) in [5.41, 5.74) is 8.79. The van der Waals surface area contributed by atoms with E-state index in [9.17, 15) is 4.79 Å². The quantitative estimate of drug-likeness (QED) is 0.907. The molecule has 0 spiro atoms. The molecular formula is C17H19N3O. The first-order valence-corrected chi connectivity index (χ1v) is 7.32. The highest BCUT2D eigenvalue weighted by Gasteiger charge is 2.16. The molecule has 1 amide bonds. The summed E-state index contributed by atoms with van der Waals surface area (Å²) in [5, 5.41) is 3.42. The molecule has 0 bridgehead atoms. The smallest absolute Gasteiger partial charge is 0.248 e. The minimum atomic E-state index is -0.413. The molecule has 1 aliphatic rings. The summed E-state index contributed by atoms with van der Waals surface area (Å²) in [4.78, 5) is 16.1. The van der Waals surface area contributed by atoms with Crippen LogP contribution in [0.15, 0.2) is 42.5 Å². The number of piperidine rings is 1. The van der Waals surface area contributed by atoms with Gasteiger partial charge in [0.1, 0.15) is 0 Å². The Kier molecular flexibility index (Phi) is 3.97. The van der Waals surface area contributed by atoms with Crippen molar-refractivity contribution in [2.24, 2.45) is 5.73 Å². The van der Waals surface area contributed by atoms with Gasteiger partial charge in [-0.1, -0.05) is 18.2 Å². The fraction of sp³-hybridized carbons (Fsp3) is 0.294. The summed E-state index contributed by atoms with van der Waals surface area (Å²) < 4.78 is 0. The lowest BCUT2D eigenvalue weighted by Crippen LogP contribution is -2.28. The number of nitrogens with zero attached hydrogens (tertiary/aromatic N) is 1. The normalized spacial score (nSPS) is 18.4. The second-order valence-corrected chi connectivity index (χ2v) is 5.44. The molecule has 1 fully saturated rings. The predicted octanol–water partition coefficient (Wildman–Crippen LogP) is 2.31. The van der Waals surface area contributed by atoms with Crippen LogP contribution in [0.1, 0.15) is 34.8 Å². The van der Waals surface area contributed by atoms with Crippen molar-refractivity contribution < 1.29 is 4.79 Å². The molecule has 2 heterocycles. The van der Waals surface area contributed by atoms with Gasteiger partial charge in [0.05, 0.1) is 5.69 Å². The minimum absolute atomic E-state index is 0.413. The van der Waals surface area contributed by atoms with E-state index in [-0.39, 0.29) is 0 Å². The van der Waals surface area contributed by atoms with Gasteiger partial charge in [-0.2, -0.15) is 0 Å². The van der Waals surface area contributed by atoms with Gasteiger partial charge in [-0.3, -0.25) is 9.78 Å². The summed E-state index contributed by atoms with van der Waals surface area (Å²) in [7, 11) is 0. The first-order valence-electron chi connectivity index (χ1n) is 7.32. The Morgan fingerprint density at radius 3 is 2.86 bits per heavy atom. The van der Waals surface area contributed by atoms with E-state index in [1.807, 2.05) is 24.3 Å². The molecule has 1 atom stereocenters. The van der Waals surface area contributed by atoms with Crippen LogP contribution in [0.4, 0.5) is 0 Å². The van der Waals surface area contributed by atoms with E-state index in [0.717, 1.165) is 30.0 Å². The van der Waals surface area contributed by atoms with Crippen LogP contribution < -0.4 is 11.1 Å². The third-order valence-corrected chi connectivity index (χ3v) is 3.93. The predicted molar refractivity (Wildman–Crippen MR) is 83.0 cm³/mol. The van der Waals surface area contributed by atoms with Crippen LogP contribution >= 0.6 is 0 Å². The van der Waals surface area contributed by atoms with Gasteiger partial charge >= 0.3 is 0 Å². The van der Waals surface area contributed by atoms with Crippen molar-refractivity contribution >= 4 is 5.91 Å². The fourth-order valence-corrected chi connectivity index (χ4v) is 2.78. The molecule has 1 saturated heterocycles. The van der Waals surface area contributed by atoms with E-state index >= 15 is 0 Å². The van der Waals surface area contributed by atoms with E-state index in [4.69, 9.17) is 10.7 Å². The molecule has 0 radical (unpaired) electrons. The van der Waals surface area contributed by atoms with E-state index in [1.165, 1.54) is 12.8 Å². The van der Waals surface area contributed by atoms with Crippen molar-refractivity contribution in [3.05, 3.63) is 53.7 Å². The Morgan fingerprint density at radius 1 is 1.24 bits per heavy atom. The number of nitrogens with one attached hydrogen (secondary N) is 1. The molecule has 108 valence electrons. The Balaban J connectivity index is 1.92. The van der Waals surface area contributed by atoms with Crippen LogP contribution in [0.25, 0.3) is 11.3 Å². The third-order valence-electron chi connectivity index (χ3n) is 3.93. The number of carbonyl (C=O) groups is 1. The first-order chi connectivity index (χ1) is 10.2. The zero-order chi connectivity index (χ0) is 14.7. The summed E-state index contributed by atoms with van der Waals surface area (Å²) in [6.07, 6.45) is 2.36. The largest absolute Gasteiger partial charge is 0.366 e. The van der Waals surface area contributed by atoms with E-state index in [2.05, 4.69) is 11.4 Å². The molecule has 0 saturated carbocycles. The Hall–Kier alpha value is -2.20. The number of benzene rings is 1. The van der Waals surface area contributed by atoms with E-state index in [1.54, 1.807) is 12.1 Å². The standard InChI is InChI=1S/C17H19N3O/c18-17(21)13-5-1-4-12(10-13)15-7-2-8-16(20-15)14-6-3-9-19-11-14/h1-2,4-5,7-8,10,14,19H,3,6,9,11H2,(H2,18,21). The van der Waals surface area contributed by atoms with Crippen molar-refractivity contribution in [3.8, 4) is 11.3 Å². The van der Waals surface area contributed by atoms with Crippen LogP contribution in [0.3, 0.4) is 0 Å². The molecule has 3 rings (SSSR count). The molecular weight excluding hydrogens is 262 g/mol. The summed E-state index contributed by atoms with van der Waals surface area (Å²) in [5.74, 6) is 0.0579. The molecule has 3 N–H and O–H groups in total. The second kappa shape index (κ2) is 6.06. The number of hydrogen-bond donors (Lipinski definition) is 2. The Morgan fingerprint density at radius 2 is 2.10 bits per heavy atom. The zero-order valence-corrected chi connectivity index (χ0v) is 11.9. The van der Waals surface area contributed by atoms with Crippen molar-refractivity contribution in [2.75, 3.05) is 13.1 Å². The number of carbonyl (C=O) groups excluding carboxylic acids is 1. The number of hydrogen-bond acceptors (Lipinski definition) is 3. The van der Waals surface area contributed by atoms with E-state index < -0.39 is 5.91 Å². The maximum Gasteiger partial charge on any atom is 0.248 e. The summed E-state index contributed by atoms with van der Waals surface area (Å²) in [6.45, 7) is 2.08. The number of pyridine rings is 1. The van der Waals surface area contributed by atoms with Crippen molar-refractivity contribution in [2.45, 2.75) is 18.8 Å². The summed E-state index contributed by atoms with van der Waals surface area (Å²) >= 11 is 0. The minimum Gasteiger partial charge on any atom is -0.366 e. The second-order valence-electron chi connectivity index (χ2n) is 5.44. The molecule has 2 aromatic rings. The molecule has 1 aromatic heterocycles. The van der Waals surface area contributed by atoms with Gasteiger partial charge in [-0.15, -0.1) is 0 Å². The lowest BCUT2D eigenvalue weighted by molar-refractivity contribution is 0.100. The van der Waals surface area contributed by atoms with Crippen LogP contribution in [0, 0.1) is 0 Å². The van der Waals surface area contributed by atoms with Gasteiger partial charge in [0.15, 0.2) is 0 Å². The molecule has 1 aromatic carbocycles. The Bertz CT molecular complexity index is 648. The van der Waals surface area contributed by atoms with Crippen molar-refractivity contribution in [1.82, 2.24) is 10.3 Å². The lowest BCUT2D eigenvalue weighted by Gasteiger charge is -2.22. The topological polar surface area (TPSA) is 68.0 Å². The monoisotopic (exact) mass is 281 g/mol. The van der Waals surface area contributed by atoms with Gasteiger partial charge in [0.25, 0.3) is 0 Å². The first kappa shape index (κ1) is 13.8. The number of nitrogens with two attached hydrogens (primary N) is 1. The van der Waals surface area contributed by atoms with E-state index in [0.29, 0.717) is 11.5 Å². The van der Waals surface area contributed by atoms with Gasteiger partial charge in [-0.05, 0) is 43.7 Å².